The Morgan fingerprint density at radius 1 is 1.55 bits per heavy atom. The van der Waals surface area contributed by atoms with Gasteiger partial charge >= 0.3 is 0 Å². The van der Waals surface area contributed by atoms with Crippen LogP contribution in [0.1, 0.15) is 34.3 Å². The van der Waals surface area contributed by atoms with E-state index in [1.807, 2.05) is 6.07 Å². The Kier molecular flexibility index (Phi) is 3.72. The molecule has 1 N–H and O–H groups in total. The number of rotatable bonds is 2. The largest absolute Gasteiger partial charge is 0.347 e. The zero-order chi connectivity index (χ0) is 14.3. The van der Waals surface area contributed by atoms with Crippen molar-refractivity contribution in [3.8, 4) is 6.07 Å². The zero-order valence-corrected chi connectivity index (χ0v) is 12.8. The van der Waals surface area contributed by atoms with Gasteiger partial charge in [0.1, 0.15) is 10.9 Å². The minimum atomic E-state index is -0.107. The fourth-order valence-corrected chi connectivity index (χ4v) is 4.41. The molecule has 0 aromatic carbocycles. The smallest absolute Gasteiger partial charge is 0.261 e. The highest BCUT2D eigenvalue weighted by Crippen LogP contribution is 2.33. The Hall–Kier alpha value is -1.09. The second-order valence-electron chi connectivity index (χ2n) is 5.51. The molecule has 0 saturated carbocycles. The molecule has 1 aromatic heterocycles. The predicted molar refractivity (Wildman–Crippen MR) is 79.1 cm³/mol. The quantitative estimate of drug-likeness (QED) is 0.913. The number of fused-ring (bicyclic) bond motifs is 3. The van der Waals surface area contributed by atoms with Gasteiger partial charge in [-0.2, -0.15) is 5.26 Å². The molecule has 0 unspecified atom stereocenters. The molecule has 3 aliphatic heterocycles. The van der Waals surface area contributed by atoms with Crippen LogP contribution in [0.15, 0.2) is 6.07 Å². The van der Waals surface area contributed by atoms with E-state index >= 15 is 0 Å². The molecule has 2 atom stereocenters. The topological polar surface area (TPSA) is 56.1 Å². The number of halogens is 1. The number of nitrogens with one attached hydrogen (secondary N) is 1. The van der Waals surface area contributed by atoms with Gasteiger partial charge in [-0.1, -0.05) is 11.6 Å². The van der Waals surface area contributed by atoms with E-state index in [-0.39, 0.29) is 11.9 Å². The first kappa shape index (κ1) is 13.9. The molecule has 3 saturated heterocycles. The van der Waals surface area contributed by atoms with Crippen molar-refractivity contribution in [2.75, 3.05) is 13.1 Å². The summed E-state index contributed by atoms with van der Waals surface area (Å²) in [4.78, 5) is 15.7. The first-order chi connectivity index (χ1) is 9.60. The van der Waals surface area contributed by atoms with Crippen molar-refractivity contribution < 1.29 is 4.79 Å². The molecule has 3 fully saturated rings. The summed E-state index contributed by atoms with van der Waals surface area (Å²) >= 11 is 7.08. The molecule has 0 aliphatic carbocycles. The summed E-state index contributed by atoms with van der Waals surface area (Å²) < 4.78 is 0. The molecule has 1 aromatic rings. The average Bonchev–Trinajstić information content (AvgIpc) is 2.84. The summed E-state index contributed by atoms with van der Waals surface area (Å²) in [5.74, 6) is 0.467. The van der Waals surface area contributed by atoms with Gasteiger partial charge in [-0.3, -0.25) is 9.69 Å². The fraction of sp³-hybridized carbons (Fsp3) is 0.571. The van der Waals surface area contributed by atoms with Gasteiger partial charge in [-0.25, -0.2) is 0 Å². The molecular weight excluding hydrogens is 294 g/mol. The number of hydrogen-bond acceptors (Lipinski definition) is 4. The molecule has 0 radical (unpaired) electrons. The van der Waals surface area contributed by atoms with Crippen molar-refractivity contribution in [2.24, 2.45) is 5.92 Å². The number of amides is 1. The van der Waals surface area contributed by atoms with Gasteiger partial charge in [0.2, 0.25) is 0 Å². The number of thiophene rings is 1. The number of carbonyl (C=O) groups is 1. The van der Waals surface area contributed by atoms with Crippen LogP contribution in [-0.2, 0) is 0 Å². The third-order valence-corrected chi connectivity index (χ3v) is 5.94. The van der Waals surface area contributed by atoms with Crippen LogP contribution >= 0.6 is 22.9 Å². The molecule has 106 valence electrons. The van der Waals surface area contributed by atoms with E-state index in [0.717, 1.165) is 37.3 Å². The SMILES string of the molecule is C[C@H]1[C@H](NC(=O)c2cc(Cl)c(C#N)s2)C2CCN1CC2. The first-order valence-electron chi connectivity index (χ1n) is 6.84. The molecule has 4 rings (SSSR count). The summed E-state index contributed by atoms with van der Waals surface area (Å²) in [5, 5.41) is 12.4. The van der Waals surface area contributed by atoms with E-state index in [4.69, 9.17) is 16.9 Å². The van der Waals surface area contributed by atoms with Crippen LogP contribution in [0.25, 0.3) is 0 Å². The van der Waals surface area contributed by atoms with Gasteiger partial charge in [0, 0.05) is 12.1 Å². The van der Waals surface area contributed by atoms with E-state index in [2.05, 4.69) is 17.1 Å². The molecule has 3 aliphatic rings. The van der Waals surface area contributed by atoms with Gasteiger partial charge in [0.15, 0.2) is 0 Å². The summed E-state index contributed by atoms with van der Waals surface area (Å²) in [7, 11) is 0. The van der Waals surface area contributed by atoms with E-state index in [0.29, 0.717) is 26.7 Å². The number of carbonyl (C=O) groups excluding carboxylic acids is 1. The van der Waals surface area contributed by atoms with Crippen LogP contribution in [0, 0.1) is 17.2 Å². The lowest BCUT2D eigenvalue weighted by molar-refractivity contribution is 0.0218. The van der Waals surface area contributed by atoms with Crippen LogP contribution in [0.3, 0.4) is 0 Å². The van der Waals surface area contributed by atoms with E-state index in [9.17, 15) is 4.79 Å². The molecule has 4 heterocycles. The fourth-order valence-electron chi connectivity index (χ4n) is 3.32. The lowest BCUT2D eigenvalue weighted by Gasteiger charge is -2.49. The van der Waals surface area contributed by atoms with Crippen molar-refractivity contribution >= 4 is 28.8 Å². The second kappa shape index (κ2) is 5.36. The maximum absolute atomic E-state index is 12.3. The van der Waals surface area contributed by atoms with Crippen molar-refractivity contribution in [1.82, 2.24) is 10.2 Å². The van der Waals surface area contributed by atoms with Gasteiger partial charge < -0.3 is 5.32 Å². The van der Waals surface area contributed by atoms with Crippen molar-refractivity contribution in [3.63, 3.8) is 0 Å². The summed E-state index contributed by atoms with van der Waals surface area (Å²) in [6.45, 7) is 4.46. The number of nitriles is 1. The van der Waals surface area contributed by atoms with Crippen LogP contribution < -0.4 is 5.32 Å². The van der Waals surface area contributed by atoms with Crippen LogP contribution in [-0.4, -0.2) is 36.0 Å². The summed E-state index contributed by atoms with van der Waals surface area (Å²) in [5.41, 5.74) is 0. The van der Waals surface area contributed by atoms with Crippen molar-refractivity contribution in [2.45, 2.75) is 31.8 Å². The van der Waals surface area contributed by atoms with Crippen LogP contribution in [0.4, 0.5) is 0 Å². The monoisotopic (exact) mass is 309 g/mol. The third kappa shape index (κ3) is 2.32. The highest BCUT2D eigenvalue weighted by molar-refractivity contribution is 7.15. The maximum atomic E-state index is 12.3. The molecule has 1 amide bonds. The second-order valence-corrected chi connectivity index (χ2v) is 6.97. The Morgan fingerprint density at radius 3 is 2.80 bits per heavy atom. The highest BCUT2D eigenvalue weighted by atomic mass is 35.5. The summed E-state index contributed by atoms with van der Waals surface area (Å²) in [6, 6.07) is 4.19. The van der Waals surface area contributed by atoms with Crippen molar-refractivity contribution in [1.29, 1.82) is 5.26 Å². The van der Waals surface area contributed by atoms with E-state index < -0.39 is 0 Å². The Morgan fingerprint density at radius 2 is 2.25 bits per heavy atom. The first-order valence-corrected chi connectivity index (χ1v) is 8.04. The van der Waals surface area contributed by atoms with Gasteiger partial charge in [0.05, 0.1) is 9.90 Å². The molecule has 6 heteroatoms. The summed E-state index contributed by atoms with van der Waals surface area (Å²) in [6.07, 6.45) is 2.31. The minimum absolute atomic E-state index is 0.107. The zero-order valence-electron chi connectivity index (χ0n) is 11.2. The van der Waals surface area contributed by atoms with E-state index in [1.165, 1.54) is 0 Å². The molecule has 20 heavy (non-hydrogen) atoms. The number of piperidine rings is 3. The lowest BCUT2D eigenvalue weighted by Crippen LogP contribution is -2.62. The predicted octanol–water partition coefficient (Wildman–Crippen LogP) is 2.49. The molecule has 4 nitrogen and oxygen atoms in total. The third-order valence-electron chi connectivity index (χ3n) is 4.49. The van der Waals surface area contributed by atoms with Crippen LogP contribution in [0.5, 0.6) is 0 Å². The maximum Gasteiger partial charge on any atom is 0.261 e. The normalized spacial score (nSPS) is 31.9. The Labute approximate surface area is 127 Å². The standard InChI is InChI=1S/C14H16ClN3OS/c1-8-13(9-2-4-18(8)5-3-9)17-14(19)11-6-10(15)12(7-16)20-11/h6,8-9,13H,2-5H2,1H3,(H,17,19)/t8-,13-/m0/s1. The molecule has 0 spiro atoms. The molecular formula is C14H16ClN3OS. The highest BCUT2D eigenvalue weighted by Gasteiger charge is 2.40. The van der Waals surface area contributed by atoms with Gasteiger partial charge in [-0.15, -0.1) is 11.3 Å². The van der Waals surface area contributed by atoms with Gasteiger partial charge in [-0.05, 0) is 44.8 Å². The van der Waals surface area contributed by atoms with Crippen molar-refractivity contribution in [3.05, 3.63) is 20.8 Å². The van der Waals surface area contributed by atoms with Gasteiger partial charge in [0.25, 0.3) is 5.91 Å². The Bertz CT molecular complexity index is 569. The number of nitrogens with zero attached hydrogens (tertiary/aromatic N) is 2. The van der Waals surface area contributed by atoms with Crippen LogP contribution in [0.2, 0.25) is 5.02 Å². The lowest BCUT2D eigenvalue weighted by atomic mass is 9.79. The molecule has 2 bridgehead atoms. The van der Waals surface area contributed by atoms with E-state index in [1.54, 1.807) is 6.07 Å². The number of hydrogen-bond donors (Lipinski definition) is 1. The Balaban J connectivity index is 1.74. The minimum Gasteiger partial charge on any atom is -0.347 e. The average molecular weight is 310 g/mol.